The van der Waals surface area contributed by atoms with E-state index in [-0.39, 0.29) is 18.2 Å². The summed E-state index contributed by atoms with van der Waals surface area (Å²) in [5.74, 6) is -0.165. The van der Waals surface area contributed by atoms with Gasteiger partial charge in [0.1, 0.15) is 5.82 Å². The molecule has 0 aromatic heterocycles. The van der Waals surface area contributed by atoms with Crippen LogP contribution in [0.3, 0.4) is 0 Å². The van der Waals surface area contributed by atoms with Gasteiger partial charge in [-0.3, -0.25) is 4.90 Å². The fourth-order valence-electron chi connectivity index (χ4n) is 3.06. The zero-order valence-corrected chi connectivity index (χ0v) is 13.1. The second-order valence-corrected chi connectivity index (χ2v) is 6.26. The third-order valence-corrected chi connectivity index (χ3v) is 4.64. The van der Waals surface area contributed by atoms with Gasteiger partial charge >= 0.3 is 0 Å². The number of hydrogen-bond acceptors (Lipinski definition) is 2. The van der Waals surface area contributed by atoms with Crippen molar-refractivity contribution >= 4 is 28.3 Å². The molecule has 2 nitrogen and oxygen atoms in total. The predicted octanol–water partition coefficient (Wildman–Crippen LogP) is 3.34. The summed E-state index contributed by atoms with van der Waals surface area (Å²) in [7, 11) is 0. The SMILES string of the molecule is Cl.Fc1cc(CN2CCC3CCC(C2)N3)ccc1Br. The summed E-state index contributed by atoms with van der Waals surface area (Å²) in [4.78, 5) is 2.44. The van der Waals surface area contributed by atoms with Crippen molar-refractivity contribution in [3.8, 4) is 0 Å². The number of likely N-dealkylation sites (tertiary alicyclic amines) is 1. The van der Waals surface area contributed by atoms with Crippen LogP contribution in [0.2, 0.25) is 0 Å². The first-order valence-corrected chi connectivity index (χ1v) is 7.42. The first kappa shape index (κ1) is 15.2. The van der Waals surface area contributed by atoms with Gasteiger partial charge in [-0.05, 0) is 52.9 Å². The van der Waals surface area contributed by atoms with E-state index < -0.39 is 0 Å². The first-order chi connectivity index (χ1) is 8.70. The molecule has 2 atom stereocenters. The van der Waals surface area contributed by atoms with Crippen molar-refractivity contribution in [1.82, 2.24) is 10.2 Å². The van der Waals surface area contributed by atoms with Crippen LogP contribution >= 0.6 is 28.3 Å². The maximum absolute atomic E-state index is 13.5. The van der Waals surface area contributed by atoms with Crippen molar-refractivity contribution in [3.63, 3.8) is 0 Å². The number of nitrogens with one attached hydrogen (secondary N) is 1. The molecule has 0 spiro atoms. The third kappa shape index (κ3) is 3.69. The van der Waals surface area contributed by atoms with E-state index >= 15 is 0 Å². The Kier molecular flexibility index (Phi) is 5.23. The van der Waals surface area contributed by atoms with Gasteiger partial charge in [-0.25, -0.2) is 4.39 Å². The Bertz CT molecular complexity index is 443. The van der Waals surface area contributed by atoms with Gasteiger partial charge < -0.3 is 5.32 Å². The lowest BCUT2D eigenvalue weighted by atomic mass is 10.1. The van der Waals surface area contributed by atoms with Crippen LogP contribution in [-0.4, -0.2) is 30.1 Å². The molecule has 0 amide bonds. The minimum atomic E-state index is -0.165. The lowest BCUT2D eigenvalue weighted by Crippen LogP contribution is -2.34. The van der Waals surface area contributed by atoms with Crippen molar-refractivity contribution in [2.45, 2.75) is 37.9 Å². The van der Waals surface area contributed by atoms with E-state index in [0.717, 1.165) is 25.2 Å². The van der Waals surface area contributed by atoms with Gasteiger partial charge in [0.2, 0.25) is 0 Å². The molecular weight excluding hydrogens is 331 g/mol. The maximum Gasteiger partial charge on any atom is 0.137 e. The Balaban J connectivity index is 0.00000133. The molecule has 2 unspecified atom stereocenters. The molecule has 106 valence electrons. The molecule has 1 aromatic carbocycles. The van der Waals surface area contributed by atoms with E-state index in [0.29, 0.717) is 16.6 Å². The van der Waals surface area contributed by atoms with Crippen molar-refractivity contribution < 1.29 is 4.39 Å². The van der Waals surface area contributed by atoms with Crippen LogP contribution in [0.1, 0.15) is 24.8 Å². The van der Waals surface area contributed by atoms with E-state index in [9.17, 15) is 4.39 Å². The lowest BCUT2D eigenvalue weighted by molar-refractivity contribution is 0.250. The molecule has 2 fully saturated rings. The van der Waals surface area contributed by atoms with Crippen LogP contribution in [0.4, 0.5) is 4.39 Å². The summed E-state index contributed by atoms with van der Waals surface area (Å²) in [5, 5.41) is 3.67. The number of benzene rings is 1. The molecule has 2 aliphatic heterocycles. The highest BCUT2D eigenvalue weighted by molar-refractivity contribution is 9.10. The predicted molar refractivity (Wildman–Crippen MR) is 81.2 cm³/mol. The molecule has 2 heterocycles. The molecule has 1 aromatic rings. The molecule has 19 heavy (non-hydrogen) atoms. The van der Waals surface area contributed by atoms with E-state index in [1.807, 2.05) is 6.07 Å². The quantitative estimate of drug-likeness (QED) is 0.881. The second-order valence-electron chi connectivity index (χ2n) is 5.41. The largest absolute Gasteiger partial charge is 0.310 e. The van der Waals surface area contributed by atoms with E-state index in [1.54, 1.807) is 12.1 Å². The van der Waals surface area contributed by atoms with Crippen LogP contribution in [0.15, 0.2) is 22.7 Å². The standard InChI is InChI=1S/C14H18BrFN2.ClH/c15-13-4-1-10(7-14(13)16)8-18-6-5-11-2-3-12(9-18)17-11;/h1,4,7,11-12,17H,2-3,5-6,8-9H2;1H. The third-order valence-electron chi connectivity index (χ3n) is 4.00. The molecule has 1 N–H and O–H groups in total. The van der Waals surface area contributed by atoms with Gasteiger partial charge in [-0.1, -0.05) is 6.07 Å². The van der Waals surface area contributed by atoms with Crippen LogP contribution in [0.25, 0.3) is 0 Å². The lowest BCUT2D eigenvalue weighted by Gasteiger charge is -2.24. The average molecular weight is 350 g/mol. The summed E-state index contributed by atoms with van der Waals surface area (Å²) >= 11 is 3.20. The molecule has 3 rings (SSSR count). The maximum atomic E-state index is 13.5. The zero-order valence-electron chi connectivity index (χ0n) is 10.7. The van der Waals surface area contributed by atoms with Gasteiger partial charge in [0.25, 0.3) is 0 Å². The summed E-state index contributed by atoms with van der Waals surface area (Å²) in [5.41, 5.74) is 1.06. The van der Waals surface area contributed by atoms with Crippen molar-refractivity contribution in [2.24, 2.45) is 0 Å². The number of nitrogens with zero attached hydrogens (tertiary/aromatic N) is 1. The number of hydrogen-bond donors (Lipinski definition) is 1. The highest BCUT2D eigenvalue weighted by Crippen LogP contribution is 2.22. The summed E-state index contributed by atoms with van der Waals surface area (Å²) in [6, 6.07) is 6.79. The Morgan fingerprint density at radius 1 is 1.26 bits per heavy atom. The second kappa shape index (κ2) is 6.53. The molecular formula is C14H19BrClFN2. The molecule has 2 aliphatic rings. The normalized spacial score (nSPS) is 26.8. The molecule has 5 heteroatoms. The number of halogens is 3. The van der Waals surface area contributed by atoms with Crippen LogP contribution < -0.4 is 5.32 Å². The van der Waals surface area contributed by atoms with Crippen molar-refractivity contribution in [3.05, 3.63) is 34.1 Å². The van der Waals surface area contributed by atoms with Gasteiger partial charge in [0.15, 0.2) is 0 Å². The Morgan fingerprint density at radius 3 is 2.84 bits per heavy atom. The topological polar surface area (TPSA) is 15.3 Å². The molecule has 0 aliphatic carbocycles. The van der Waals surface area contributed by atoms with Crippen LogP contribution in [-0.2, 0) is 6.54 Å². The van der Waals surface area contributed by atoms with E-state index in [1.165, 1.54) is 19.3 Å². The fraction of sp³-hybridized carbons (Fsp3) is 0.571. The minimum absolute atomic E-state index is 0. The van der Waals surface area contributed by atoms with E-state index in [4.69, 9.17) is 0 Å². The smallest absolute Gasteiger partial charge is 0.137 e. The fourth-order valence-corrected chi connectivity index (χ4v) is 3.30. The average Bonchev–Trinajstić information content (AvgIpc) is 2.68. The van der Waals surface area contributed by atoms with Gasteiger partial charge in [0, 0.05) is 31.7 Å². The van der Waals surface area contributed by atoms with Gasteiger partial charge in [0.05, 0.1) is 4.47 Å². The highest BCUT2D eigenvalue weighted by atomic mass is 79.9. The summed E-state index contributed by atoms with van der Waals surface area (Å²) < 4.78 is 14.0. The molecule has 0 saturated carbocycles. The first-order valence-electron chi connectivity index (χ1n) is 6.63. The molecule has 2 saturated heterocycles. The monoisotopic (exact) mass is 348 g/mol. The Labute approximate surface area is 128 Å². The Morgan fingerprint density at radius 2 is 2.05 bits per heavy atom. The van der Waals surface area contributed by atoms with E-state index in [2.05, 4.69) is 26.1 Å². The number of fused-ring (bicyclic) bond motifs is 2. The summed E-state index contributed by atoms with van der Waals surface area (Å²) in [6.07, 6.45) is 3.83. The van der Waals surface area contributed by atoms with Crippen LogP contribution in [0.5, 0.6) is 0 Å². The Hall–Kier alpha value is -0.160. The minimum Gasteiger partial charge on any atom is -0.310 e. The zero-order chi connectivity index (χ0) is 12.5. The van der Waals surface area contributed by atoms with Crippen molar-refractivity contribution in [1.29, 1.82) is 0 Å². The highest BCUT2D eigenvalue weighted by Gasteiger charge is 2.29. The van der Waals surface area contributed by atoms with Crippen molar-refractivity contribution in [2.75, 3.05) is 13.1 Å². The number of rotatable bonds is 2. The molecule has 2 bridgehead atoms. The summed E-state index contributed by atoms with van der Waals surface area (Å²) in [6.45, 7) is 3.06. The molecule has 0 radical (unpaired) electrons. The van der Waals surface area contributed by atoms with Crippen LogP contribution in [0, 0.1) is 5.82 Å². The van der Waals surface area contributed by atoms with Gasteiger partial charge in [-0.2, -0.15) is 0 Å². The van der Waals surface area contributed by atoms with Gasteiger partial charge in [-0.15, -0.1) is 12.4 Å².